The van der Waals surface area contributed by atoms with Crippen LogP contribution < -0.4 is 4.52 Å². The van der Waals surface area contributed by atoms with E-state index in [4.69, 9.17) is 9.05 Å². The van der Waals surface area contributed by atoms with E-state index in [0.29, 0.717) is 0 Å². The van der Waals surface area contributed by atoms with Crippen LogP contribution in [0.25, 0.3) is 0 Å². The zero-order valence-corrected chi connectivity index (χ0v) is 19.7. The van der Waals surface area contributed by atoms with Crippen LogP contribution in [0.1, 0.15) is 92.7 Å². The van der Waals surface area contributed by atoms with Crippen molar-refractivity contribution >= 4 is 8.38 Å². The van der Waals surface area contributed by atoms with Crippen LogP contribution in [0, 0.1) is 5.41 Å². The topological polar surface area (TPSA) is 18.5 Å². The zero-order chi connectivity index (χ0) is 20.2. The average Bonchev–Trinajstić information content (AvgIpc) is 2.55. The summed E-state index contributed by atoms with van der Waals surface area (Å²) in [6, 6.07) is 6.64. The van der Waals surface area contributed by atoms with E-state index in [9.17, 15) is 0 Å². The van der Waals surface area contributed by atoms with Gasteiger partial charge in [0.15, 0.2) is 0 Å². The van der Waals surface area contributed by atoms with Crippen molar-refractivity contribution in [2.75, 3.05) is 13.3 Å². The second-order valence-corrected chi connectivity index (χ2v) is 10.9. The van der Waals surface area contributed by atoms with Gasteiger partial charge in [-0.15, -0.1) is 0 Å². The quantitative estimate of drug-likeness (QED) is 0.428. The molecule has 1 aromatic rings. The molecular weight excluding hydrogens is 339 g/mol. The Morgan fingerprint density at radius 2 is 1.38 bits per heavy atom. The summed E-state index contributed by atoms with van der Waals surface area (Å²) in [4.78, 5) is 0. The fraction of sp³-hybridized carbons (Fsp3) is 0.739. The molecule has 0 fully saturated rings. The van der Waals surface area contributed by atoms with Gasteiger partial charge in [0.25, 0.3) is 0 Å². The minimum absolute atomic E-state index is 0.0345. The van der Waals surface area contributed by atoms with Crippen molar-refractivity contribution in [2.45, 2.75) is 92.4 Å². The van der Waals surface area contributed by atoms with E-state index in [-0.39, 0.29) is 16.2 Å². The molecule has 0 N–H and O–H groups in total. The third kappa shape index (κ3) is 6.24. The summed E-state index contributed by atoms with van der Waals surface area (Å²) in [5, 5.41) is 0. The second-order valence-electron chi connectivity index (χ2n) is 9.58. The molecule has 0 saturated carbocycles. The first-order valence-corrected chi connectivity index (χ1v) is 11.7. The summed E-state index contributed by atoms with van der Waals surface area (Å²) in [5.41, 5.74) is 3.05. The molecule has 0 amide bonds. The molecule has 0 spiro atoms. The highest BCUT2D eigenvalue weighted by atomic mass is 31.2. The van der Waals surface area contributed by atoms with Gasteiger partial charge in [0.1, 0.15) is 5.75 Å². The summed E-state index contributed by atoms with van der Waals surface area (Å²) in [6.45, 7) is 23.1. The lowest BCUT2D eigenvalue weighted by Gasteiger charge is -2.32. The molecule has 3 heteroatoms. The van der Waals surface area contributed by atoms with Crippen molar-refractivity contribution < 1.29 is 9.05 Å². The van der Waals surface area contributed by atoms with Crippen molar-refractivity contribution in [1.82, 2.24) is 0 Å². The van der Waals surface area contributed by atoms with Crippen molar-refractivity contribution in [1.29, 1.82) is 0 Å². The van der Waals surface area contributed by atoms with E-state index >= 15 is 0 Å². The van der Waals surface area contributed by atoms with Crippen LogP contribution in [0.2, 0.25) is 0 Å². The van der Waals surface area contributed by atoms with Crippen LogP contribution in [-0.4, -0.2) is 13.3 Å². The first-order chi connectivity index (χ1) is 11.9. The normalized spacial score (nSPS) is 14.4. The van der Waals surface area contributed by atoms with Crippen LogP contribution >= 0.6 is 8.38 Å². The zero-order valence-electron chi connectivity index (χ0n) is 18.8. The van der Waals surface area contributed by atoms with Gasteiger partial charge in [-0.05, 0) is 47.1 Å². The Kier molecular flexibility index (Phi) is 8.18. The molecule has 1 aromatic carbocycles. The molecule has 2 nitrogen and oxygen atoms in total. The molecule has 26 heavy (non-hydrogen) atoms. The molecule has 0 saturated heterocycles. The highest BCUT2D eigenvalue weighted by molar-refractivity contribution is 7.46. The molecule has 150 valence electrons. The van der Waals surface area contributed by atoms with Gasteiger partial charge in [-0.2, -0.15) is 0 Å². The Bertz CT molecular complexity index is 554. The molecular formula is C23H41O2P. The van der Waals surface area contributed by atoms with Gasteiger partial charge in [-0.3, -0.25) is 0 Å². The predicted molar refractivity (Wildman–Crippen MR) is 117 cm³/mol. The summed E-state index contributed by atoms with van der Waals surface area (Å²) in [6.07, 6.45) is 3.45. The third-order valence-corrected chi connectivity index (χ3v) is 6.63. The van der Waals surface area contributed by atoms with E-state index in [1.807, 2.05) is 0 Å². The van der Waals surface area contributed by atoms with Crippen LogP contribution in [0.3, 0.4) is 0 Å². The molecule has 0 aromatic heterocycles. The minimum atomic E-state index is -0.939. The van der Waals surface area contributed by atoms with E-state index in [0.717, 1.165) is 31.6 Å². The monoisotopic (exact) mass is 380 g/mol. The Labute approximate surface area is 164 Å². The van der Waals surface area contributed by atoms with Crippen molar-refractivity contribution in [3.05, 3.63) is 29.3 Å². The second kappa shape index (κ2) is 9.07. The Morgan fingerprint density at radius 1 is 0.846 bits per heavy atom. The molecule has 1 rings (SSSR count). The number of rotatable bonds is 8. The SMILES string of the molecule is CCC(CC)(CC)CO[P@](C)Oc1ccc(C(C)(C)C)cc1C(C)(C)C. The summed E-state index contributed by atoms with van der Waals surface area (Å²) < 4.78 is 12.5. The van der Waals surface area contributed by atoms with Crippen molar-refractivity contribution in [3.63, 3.8) is 0 Å². The van der Waals surface area contributed by atoms with E-state index in [1.165, 1.54) is 11.1 Å². The molecule has 0 radical (unpaired) electrons. The molecule has 0 aliphatic rings. The van der Waals surface area contributed by atoms with Crippen molar-refractivity contribution in [2.24, 2.45) is 5.41 Å². The Balaban J connectivity index is 2.98. The largest absolute Gasteiger partial charge is 0.447 e. The third-order valence-electron chi connectivity index (χ3n) is 5.68. The fourth-order valence-corrected chi connectivity index (χ4v) is 4.06. The fourth-order valence-electron chi connectivity index (χ4n) is 3.11. The standard InChI is InChI=1S/C23H41O2P/c1-11-23(12-2,13-3)17-24-26(10)25-20-15-14-18(21(4,5)6)16-19(20)22(7,8)9/h14-16H,11-13,17H2,1-10H3/t26-/m0/s1. The Morgan fingerprint density at radius 3 is 1.81 bits per heavy atom. The lowest BCUT2D eigenvalue weighted by molar-refractivity contribution is 0.131. The summed E-state index contributed by atoms with van der Waals surface area (Å²) in [7, 11) is -0.939. The maximum atomic E-state index is 6.31. The number of hydrogen-bond acceptors (Lipinski definition) is 2. The predicted octanol–water partition coefficient (Wildman–Crippen LogP) is 7.84. The maximum absolute atomic E-state index is 6.31. The smallest absolute Gasteiger partial charge is 0.226 e. The van der Waals surface area contributed by atoms with Gasteiger partial charge in [-0.1, -0.05) is 74.4 Å². The average molecular weight is 381 g/mol. The van der Waals surface area contributed by atoms with Crippen LogP contribution in [0.4, 0.5) is 0 Å². The van der Waals surface area contributed by atoms with Gasteiger partial charge >= 0.3 is 0 Å². The van der Waals surface area contributed by atoms with Crippen LogP contribution in [0.5, 0.6) is 5.75 Å². The molecule has 0 aliphatic heterocycles. The molecule has 1 atom stereocenters. The lowest BCUT2D eigenvalue weighted by atomic mass is 9.80. The lowest BCUT2D eigenvalue weighted by Crippen LogP contribution is -2.24. The number of benzene rings is 1. The highest BCUT2D eigenvalue weighted by Gasteiger charge is 2.27. The van der Waals surface area contributed by atoms with Crippen LogP contribution in [-0.2, 0) is 15.4 Å². The van der Waals surface area contributed by atoms with E-state index in [1.54, 1.807) is 0 Å². The maximum Gasteiger partial charge on any atom is 0.226 e. The van der Waals surface area contributed by atoms with E-state index < -0.39 is 8.38 Å². The molecule has 0 unspecified atom stereocenters. The van der Waals surface area contributed by atoms with E-state index in [2.05, 4.69) is 87.2 Å². The first kappa shape index (κ1) is 23.4. The van der Waals surface area contributed by atoms with Gasteiger partial charge in [0.05, 0.1) is 6.61 Å². The van der Waals surface area contributed by atoms with Gasteiger partial charge in [0.2, 0.25) is 8.38 Å². The highest BCUT2D eigenvalue weighted by Crippen LogP contribution is 2.44. The minimum Gasteiger partial charge on any atom is -0.447 e. The van der Waals surface area contributed by atoms with Crippen molar-refractivity contribution in [3.8, 4) is 5.75 Å². The molecule has 0 bridgehead atoms. The molecule has 0 aliphatic carbocycles. The van der Waals surface area contributed by atoms with Gasteiger partial charge in [-0.25, -0.2) is 0 Å². The molecule has 0 heterocycles. The van der Waals surface area contributed by atoms with Gasteiger partial charge in [0, 0.05) is 12.2 Å². The summed E-state index contributed by atoms with van der Waals surface area (Å²) >= 11 is 0. The summed E-state index contributed by atoms with van der Waals surface area (Å²) in [5.74, 6) is 0.967. The van der Waals surface area contributed by atoms with Crippen LogP contribution in [0.15, 0.2) is 18.2 Å². The Hall–Kier alpha value is -0.590. The first-order valence-electron chi connectivity index (χ1n) is 10.1. The number of hydrogen-bond donors (Lipinski definition) is 0. The van der Waals surface area contributed by atoms with Gasteiger partial charge < -0.3 is 9.05 Å².